The van der Waals surface area contributed by atoms with E-state index in [1.807, 2.05) is 55.5 Å². The lowest BCUT2D eigenvalue weighted by Crippen LogP contribution is -2.53. The van der Waals surface area contributed by atoms with Crippen LogP contribution >= 0.6 is 23.2 Å². The molecular formula is C32H35Cl2N5O5. The summed E-state index contributed by atoms with van der Waals surface area (Å²) in [5, 5.41) is 9.27. The van der Waals surface area contributed by atoms with Gasteiger partial charge in [0.2, 0.25) is 5.91 Å². The molecule has 2 unspecified atom stereocenters. The smallest absolute Gasteiger partial charge is 0.319 e. The van der Waals surface area contributed by atoms with Crippen LogP contribution in [0.25, 0.3) is 11.1 Å². The number of carbonyl (C=O) groups excluding carboxylic acids is 3. The van der Waals surface area contributed by atoms with Crippen LogP contribution in [-0.4, -0.2) is 74.8 Å². The van der Waals surface area contributed by atoms with Crippen molar-refractivity contribution in [3.05, 3.63) is 76.3 Å². The predicted molar refractivity (Wildman–Crippen MR) is 172 cm³/mol. The van der Waals surface area contributed by atoms with Gasteiger partial charge in [0.25, 0.3) is 5.91 Å². The van der Waals surface area contributed by atoms with Crippen LogP contribution in [0.5, 0.6) is 5.75 Å². The number of fused-ring (bicyclic) bond motifs is 1. The van der Waals surface area contributed by atoms with Gasteiger partial charge in [-0.15, -0.1) is 0 Å². The first-order valence-electron chi connectivity index (χ1n) is 14.5. The average Bonchev–Trinajstić information content (AvgIpc) is 3.02. The number of hydrogen-bond acceptors (Lipinski definition) is 6. The third kappa shape index (κ3) is 7.44. The molecule has 2 heterocycles. The number of ether oxygens (including phenoxy) is 2. The van der Waals surface area contributed by atoms with E-state index in [0.717, 1.165) is 29.8 Å². The van der Waals surface area contributed by atoms with Gasteiger partial charge in [-0.1, -0.05) is 59.6 Å². The number of hydrogen-bond donors (Lipinski definition) is 3. The zero-order valence-corrected chi connectivity index (χ0v) is 26.1. The summed E-state index contributed by atoms with van der Waals surface area (Å²) in [6.07, 6.45) is 0. The van der Waals surface area contributed by atoms with Gasteiger partial charge in [0.1, 0.15) is 11.8 Å². The van der Waals surface area contributed by atoms with Gasteiger partial charge in [0, 0.05) is 37.9 Å². The lowest BCUT2D eigenvalue weighted by molar-refractivity contribution is -0.128. The van der Waals surface area contributed by atoms with E-state index in [-0.39, 0.29) is 35.5 Å². The molecule has 2 aliphatic rings. The van der Waals surface area contributed by atoms with Gasteiger partial charge in [0.05, 0.1) is 35.0 Å². The Morgan fingerprint density at radius 3 is 2.25 bits per heavy atom. The van der Waals surface area contributed by atoms with E-state index < -0.39 is 6.04 Å². The summed E-state index contributed by atoms with van der Waals surface area (Å²) in [6.45, 7) is 7.24. The maximum Gasteiger partial charge on any atom is 0.319 e. The van der Waals surface area contributed by atoms with Crippen LogP contribution in [-0.2, 0) is 14.3 Å². The zero-order valence-electron chi connectivity index (χ0n) is 24.6. The Morgan fingerprint density at radius 2 is 1.59 bits per heavy atom. The minimum atomic E-state index is -0.833. The first kappa shape index (κ1) is 31.6. The molecule has 1 saturated heterocycles. The first-order chi connectivity index (χ1) is 21.2. The minimum Gasteiger partial charge on any atom is -0.482 e. The zero-order chi connectivity index (χ0) is 31.2. The summed E-state index contributed by atoms with van der Waals surface area (Å²) in [5.74, 6) is -0.262. The van der Waals surface area contributed by atoms with Crippen molar-refractivity contribution in [2.75, 3.05) is 56.2 Å². The Morgan fingerprint density at radius 1 is 0.955 bits per heavy atom. The summed E-state index contributed by atoms with van der Waals surface area (Å²) in [6, 6.07) is 17.3. The molecule has 3 N–H and O–H groups in total. The number of urea groups is 1. The molecule has 3 aromatic rings. The normalized spacial score (nSPS) is 16.4. The maximum absolute atomic E-state index is 13.7. The summed E-state index contributed by atoms with van der Waals surface area (Å²) >= 11 is 12.4. The molecule has 3 aromatic carbocycles. The molecule has 12 heteroatoms. The SMILES string of the molecule is CCNC(=O)Nc1ccc(-c2ccc(C(CN3CCOCC3)NC(=O)C(C)N3C(=O)COc4cc(Cl)c(Cl)cc43)cc2)cc1. The highest BCUT2D eigenvalue weighted by Crippen LogP contribution is 2.39. The molecule has 0 spiro atoms. The minimum absolute atomic E-state index is 0.204. The first-order valence-corrected chi connectivity index (χ1v) is 15.3. The van der Waals surface area contributed by atoms with Gasteiger partial charge in [-0.05, 0) is 48.7 Å². The van der Waals surface area contributed by atoms with Crippen LogP contribution in [0.1, 0.15) is 25.5 Å². The third-order valence-electron chi connectivity index (χ3n) is 7.64. The largest absolute Gasteiger partial charge is 0.482 e. The van der Waals surface area contributed by atoms with Crippen LogP contribution in [0.15, 0.2) is 60.7 Å². The topological polar surface area (TPSA) is 112 Å². The molecule has 0 saturated carbocycles. The number of benzene rings is 3. The van der Waals surface area contributed by atoms with Gasteiger partial charge in [-0.2, -0.15) is 0 Å². The molecule has 232 valence electrons. The van der Waals surface area contributed by atoms with Gasteiger partial charge < -0.3 is 25.4 Å². The number of nitrogens with one attached hydrogen (secondary N) is 3. The number of nitrogens with zero attached hydrogens (tertiary/aromatic N) is 2. The molecule has 2 aliphatic heterocycles. The van der Waals surface area contributed by atoms with E-state index in [1.54, 1.807) is 19.1 Å². The number of halogens is 2. The van der Waals surface area contributed by atoms with E-state index in [4.69, 9.17) is 32.7 Å². The highest BCUT2D eigenvalue weighted by atomic mass is 35.5. The second-order valence-corrected chi connectivity index (χ2v) is 11.4. The molecule has 0 aromatic heterocycles. The second-order valence-electron chi connectivity index (χ2n) is 10.6. The molecule has 0 aliphatic carbocycles. The number of rotatable bonds is 9. The summed E-state index contributed by atoms with van der Waals surface area (Å²) in [5.41, 5.74) is 4.02. The van der Waals surface area contributed by atoms with Crippen LogP contribution in [0.2, 0.25) is 10.0 Å². The number of anilines is 2. The summed E-state index contributed by atoms with van der Waals surface area (Å²) in [7, 11) is 0. The maximum atomic E-state index is 13.7. The molecule has 44 heavy (non-hydrogen) atoms. The average molecular weight is 641 g/mol. The number of amides is 4. The molecule has 2 atom stereocenters. The lowest BCUT2D eigenvalue weighted by Gasteiger charge is -2.35. The fourth-order valence-corrected chi connectivity index (χ4v) is 5.58. The summed E-state index contributed by atoms with van der Waals surface area (Å²) in [4.78, 5) is 42.2. The van der Waals surface area contributed by atoms with Gasteiger partial charge in [-0.25, -0.2) is 4.79 Å². The summed E-state index contributed by atoms with van der Waals surface area (Å²) < 4.78 is 11.1. The number of carbonyl (C=O) groups is 3. The van der Waals surface area contributed by atoms with Crippen LogP contribution < -0.4 is 25.6 Å². The Hall–Kier alpha value is -3.83. The molecule has 10 nitrogen and oxygen atoms in total. The van der Waals surface area contributed by atoms with Crippen molar-refractivity contribution in [3.63, 3.8) is 0 Å². The molecule has 0 radical (unpaired) electrons. The van der Waals surface area contributed by atoms with Crippen LogP contribution in [0, 0.1) is 0 Å². The molecular weight excluding hydrogens is 605 g/mol. The van der Waals surface area contributed by atoms with Crippen molar-refractivity contribution in [1.29, 1.82) is 0 Å². The molecule has 1 fully saturated rings. The molecule has 4 amide bonds. The quantitative estimate of drug-likeness (QED) is 0.300. The van der Waals surface area contributed by atoms with Crippen molar-refractivity contribution in [3.8, 4) is 16.9 Å². The Kier molecular flexibility index (Phi) is 10.3. The van der Waals surface area contributed by atoms with E-state index in [0.29, 0.717) is 48.5 Å². The number of morpholine rings is 1. The monoisotopic (exact) mass is 639 g/mol. The molecule has 0 bridgehead atoms. The van der Waals surface area contributed by atoms with E-state index in [2.05, 4.69) is 20.9 Å². The van der Waals surface area contributed by atoms with Crippen molar-refractivity contribution < 1.29 is 23.9 Å². The third-order valence-corrected chi connectivity index (χ3v) is 8.36. The van der Waals surface area contributed by atoms with Crippen molar-refractivity contribution in [2.45, 2.75) is 25.9 Å². The van der Waals surface area contributed by atoms with E-state index in [9.17, 15) is 14.4 Å². The van der Waals surface area contributed by atoms with Crippen molar-refractivity contribution >= 4 is 52.4 Å². The van der Waals surface area contributed by atoms with E-state index in [1.165, 1.54) is 4.90 Å². The highest BCUT2D eigenvalue weighted by Gasteiger charge is 2.35. The standard InChI is InChI=1S/C32H35Cl2N5O5/c1-3-35-32(42)36-24-10-8-22(9-11-24)21-4-6-23(7-5-21)27(18-38-12-14-43-15-13-38)37-31(41)20(2)39-28-16-25(33)26(34)17-29(28)44-19-30(39)40/h4-11,16-17,20,27H,3,12-15,18-19H2,1-2H3,(H,37,41)(H2,35,36,42). The van der Waals surface area contributed by atoms with Gasteiger partial charge >= 0.3 is 6.03 Å². The van der Waals surface area contributed by atoms with E-state index >= 15 is 0 Å². The van der Waals surface area contributed by atoms with Crippen molar-refractivity contribution in [2.24, 2.45) is 0 Å². The van der Waals surface area contributed by atoms with Crippen LogP contribution in [0.4, 0.5) is 16.2 Å². The van der Waals surface area contributed by atoms with Gasteiger partial charge in [-0.3, -0.25) is 19.4 Å². The Labute approximate surface area is 266 Å². The highest BCUT2D eigenvalue weighted by molar-refractivity contribution is 6.42. The fraction of sp³-hybridized carbons (Fsp3) is 0.344. The fourth-order valence-electron chi connectivity index (χ4n) is 5.27. The second kappa shape index (κ2) is 14.3. The Balaban J connectivity index is 1.34. The van der Waals surface area contributed by atoms with Gasteiger partial charge in [0.15, 0.2) is 6.61 Å². The van der Waals surface area contributed by atoms with Crippen LogP contribution in [0.3, 0.4) is 0 Å². The Bertz CT molecular complexity index is 1500. The molecule has 5 rings (SSSR count). The lowest BCUT2D eigenvalue weighted by atomic mass is 9.99. The predicted octanol–water partition coefficient (Wildman–Crippen LogP) is 5.11. The van der Waals surface area contributed by atoms with Crippen molar-refractivity contribution in [1.82, 2.24) is 15.5 Å².